The highest BCUT2D eigenvalue weighted by molar-refractivity contribution is 7.99. The van der Waals surface area contributed by atoms with Crippen molar-refractivity contribution in [2.24, 2.45) is 0 Å². The third kappa shape index (κ3) is 6.21. The number of aryl methyl sites for hydroxylation is 1. The zero-order chi connectivity index (χ0) is 22.9. The van der Waals surface area contributed by atoms with Gasteiger partial charge in [0.25, 0.3) is 5.91 Å². The number of allylic oxidation sites excluding steroid dienone is 1. The standard InChI is InChI=1S/C23H25N5O3S/c1-4-12-28-20(14-24-22(30)17-8-10-19(31-3)11-9-17)26-27-23(28)32-15-21(29)25-18-7-5-6-16(2)13-18/h4-11,13H,1,12,14-15H2,2-3H3,(H,24,30)(H,25,29). The van der Waals surface area contributed by atoms with Crippen molar-refractivity contribution in [3.63, 3.8) is 0 Å². The smallest absolute Gasteiger partial charge is 0.251 e. The highest BCUT2D eigenvalue weighted by Crippen LogP contribution is 2.18. The average Bonchev–Trinajstić information content (AvgIpc) is 3.18. The largest absolute Gasteiger partial charge is 0.497 e. The fourth-order valence-electron chi connectivity index (χ4n) is 2.92. The van der Waals surface area contributed by atoms with Crippen molar-refractivity contribution in [3.8, 4) is 5.75 Å². The number of anilines is 1. The highest BCUT2D eigenvalue weighted by Gasteiger charge is 2.15. The van der Waals surface area contributed by atoms with Crippen molar-refractivity contribution >= 4 is 29.3 Å². The minimum absolute atomic E-state index is 0.136. The van der Waals surface area contributed by atoms with Gasteiger partial charge in [-0.1, -0.05) is 30.0 Å². The molecule has 0 unspecified atom stereocenters. The van der Waals surface area contributed by atoms with E-state index >= 15 is 0 Å². The first-order valence-electron chi connectivity index (χ1n) is 9.94. The Morgan fingerprint density at radius 1 is 1.19 bits per heavy atom. The van der Waals surface area contributed by atoms with Crippen molar-refractivity contribution < 1.29 is 14.3 Å². The van der Waals surface area contributed by atoms with Crippen LogP contribution in [0, 0.1) is 6.92 Å². The van der Waals surface area contributed by atoms with Crippen LogP contribution in [0.2, 0.25) is 0 Å². The number of benzene rings is 2. The van der Waals surface area contributed by atoms with E-state index < -0.39 is 0 Å². The first-order valence-corrected chi connectivity index (χ1v) is 10.9. The van der Waals surface area contributed by atoms with E-state index in [-0.39, 0.29) is 24.1 Å². The number of aromatic nitrogens is 3. The van der Waals surface area contributed by atoms with E-state index in [1.54, 1.807) is 37.5 Å². The molecule has 3 rings (SSSR count). The van der Waals surface area contributed by atoms with Gasteiger partial charge in [0.15, 0.2) is 11.0 Å². The lowest BCUT2D eigenvalue weighted by Crippen LogP contribution is -2.24. The zero-order valence-corrected chi connectivity index (χ0v) is 18.8. The molecule has 166 valence electrons. The van der Waals surface area contributed by atoms with Gasteiger partial charge in [0.1, 0.15) is 5.75 Å². The maximum Gasteiger partial charge on any atom is 0.251 e. The van der Waals surface area contributed by atoms with Gasteiger partial charge in [-0.3, -0.25) is 9.59 Å². The molecule has 32 heavy (non-hydrogen) atoms. The second-order valence-electron chi connectivity index (χ2n) is 6.92. The van der Waals surface area contributed by atoms with Gasteiger partial charge >= 0.3 is 0 Å². The van der Waals surface area contributed by atoms with Crippen LogP contribution >= 0.6 is 11.8 Å². The molecule has 0 radical (unpaired) electrons. The Labute approximate surface area is 191 Å². The second-order valence-corrected chi connectivity index (χ2v) is 7.86. The van der Waals surface area contributed by atoms with Gasteiger partial charge < -0.3 is 19.9 Å². The highest BCUT2D eigenvalue weighted by atomic mass is 32.2. The topological polar surface area (TPSA) is 98.1 Å². The Hall–Kier alpha value is -3.59. The molecule has 2 N–H and O–H groups in total. The van der Waals surface area contributed by atoms with Crippen molar-refractivity contribution in [1.82, 2.24) is 20.1 Å². The van der Waals surface area contributed by atoms with Gasteiger partial charge in [-0.15, -0.1) is 16.8 Å². The average molecular weight is 452 g/mol. The molecule has 9 heteroatoms. The number of carbonyl (C=O) groups excluding carboxylic acids is 2. The molecular weight excluding hydrogens is 426 g/mol. The SMILES string of the molecule is C=CCn1c(CNC(=O)c2ccc(OC)cc2)nnc1SCC(=O)Nc1cccc(C)c1. The number of hydrogen-bond donors (Lipinski definition) is 2. The van der Waals surface area contributed by atoms with Gasteiger partial charge in [-0.05, 0) is 48.9 Å². The number of carbonyl (C=O) groups is 2. The van der Waals surface area contributed by atoms with Crippen LogP contribution < -0.4 is 15.4 Å². The summed E-state index contributed by atoms with van der Waals surface area (Å²) in [5.74, 6) is 1.07. The first kappa shape index (κ1) is 23.1. The van der Waals surface area contributed by atoms with Crippen molar-refractivity contribution in [2.75, 3.05) is 18.2 Å². The van der Waals surface area contributed by atoms with Crippen LogP contribution in [0.3, 0.4) is 0 Å². The maximum atomic E-state index is 12.4. The van der Waals surface area contributed by atoms with Gasteiger partial charge in [0.2, 0.25) is 5.91 Å². The minimum atomic E-state index is -0.229. The molecule has 3 aromatic rings. The van der Waals surface area contributed by atoms with Gasteiger partial charge in [0.05, 0.1) is 19.4 Å². The van der Waals surface area contributed by atoms with E-state index in [1.807, 2.05) is 35.8 Å². The summed E-state index contributed by atoms with van der Waals surface area (Å²) in [7, 11) is 1.57. The molecule has 0 bridgehead atoms. The van der Waals surface area contributed by atoms with Gasteiger partial charge in [-0.25, -0.2) is 0 Å². The fourth-order valence-corrected chi connectivity index (χ4v) is 3.69. The summed E-state index contributed by atoms with van der Waals surface area (Å²) < 4.78 is 6.93. The van der Waals surface area contributed by atoms with Crippen molar-refractivity contribution in [2.45, 2.75) is 25.2 Å². The lowest BCUT2D eigenvalue weighted by atomic mass is 10.2. The summed E-state index contributed by atoms with van der Waals surface area (Å²) >= 11 is 1.28. The van der Waals surface area contributed by atoms with Crippen molar-refractivity contribution in [3.05, 3.63) is 78.1 Å². The molecule has 1 aromatic heterocycles. The van der Waals surface area contributed by atoms with E-state index in [2.05, 4.69) is 27.4 Å². The Balaban J connectivity index is 1.59. The summed E-state index contributed by atoms with van der Waals surface area (Å²) in [5.41, 5.74) is 2.34. The monoisotopic (exact) mass is 451 g/mol. The molecule has 0 saturated carbocycles. The molecule has 0 aliphatic carbocycles. The molecule has 0 fully saturated rings. The molecule has 0 atom stereocenters. The maximum absolute atomic E-state index is 12.4. The summed E-state index contributed by atoms with van der Waals surface area (Å²) in [6, 6.07) is 14.5. The number of nitrogens with zero attached hydrogens (tertiary/aromatic N) is 3. The number of hydrogen-bond acceptors (Lipinski definition) is 6. The van der Waals surface area contributed by atoms with E-state index in [9.17, 15) is 9.59 Å². The zero-order valence-electron chi connectivity index (χ0n) is 18.0. The molecule has 8 nitrogen and oxygen atoms in total. The third-order valence-electron chi connectivity index (χ3n) is 4.50. The van der Waals surface area contributed by atoms with Crippen LogP contribution in [0.4, 0.5) is 5.69 Å². The lowest BCUT2D eigenvalue weighted by Gasteiger charge is -2.09. The number of amides is 2. The molecule has 2 amide bonds. The molecule has 2 aromatic carbocycles. The number of rotatable bonds is 10. The van der Waals surface area contributed by atoms with Crippen LogP contribution in [-0.2, 0) is 17.9 Å². The summed E-state index contributed by atoms with van der Waals surface area (Å²) in [6.07, 6.45) is 1.72. The normalized spacial score (nSPS) is 10.4. The number of methoxy groups -OCH3 is 1. The number of nitrogens with one attached hydrogen (secondary N) is 2. The number of ether oxygens (including phenoxy) is 1. The van der Waals surface area contributed by atoms with Crippen LogP contribution in [-0.4, -0.2) is 39.4 Å². The van der Waals surface area contributed by atoms with Crippen LogP contribution in [0.15, 0.2) is 66.3 Å². The Morgan fingerprint density at radius 3 is 2.66 bits per heavy atom. The molecule has 0 aliphatic rings. The molecule has 0 spiro atoms. The summed E-state index contributed by atoms with van der Waals surface area (Å²) in [6.45, 7) is 6.40. The molecule has 0 saturated heterocycles. The predicted octanol–water partition coefficient (Wildman–Crippen LogP) is 3.44. The molecule has 1 heterocycles. The molecular formula is C23H25N5O3S. The van der Waals surface area contributed by atoms with E-state index in [0.29, 0.717) is 28.8 Å². The Morgan fingerprint density at radius 2 is 1.97 bits per heavy atom. The van der Waals surface area contributed by atoms with E-state index in [4.69, 9.17) is 4.74 Å². The Bertz CT molecular complexity index is 1100. The number of thioether (sulfide) groups is 1. The quantitative estimate of drug-likeness (QED) is 0.362. The molecule has 0 aliphatic heterocycles. The first-order chi connectivity index (χ1) is 15.5. The van der Waals surface area contributed by atoms with Crippen molar-refractivity contribution in [1.29, 1.82) is 0 Å². The predicted molar refractivity (Wildman–Crippen MR) is 125 cm³/mol. The van der Waals surface area contributed by atoms with Gasteiger partial charge in [-0.2, -0.15) is 0 Å². The van der Waals surface area contributed by atoms with Gasteiger partial charge in [0, 0.05) is 17.8 Å². The van der Waals surface area contributed by atoms with E-state index in [0.717, 1.165) is 11.3 Å². The van der Waals surface area contributed by atoms with Crippen LogP contribution in [0.25, 0.3) is 0 Å². The minimum Gasteiger partial charge on any atom is -0.497 e. The second kappa shape index (κ2) is 11.1. The summed E-state index contributed by atoms with van der Waals surface area (Å²) in [4.78, 5) is 24.7. The van der Waals surface area contributed by atoms with Crippen LogP contribution in [0.1, 0.15) is 21.7 Å². The summed E-state index contributed by atoms with van der Waals surface area (Å²) in [5, 5.41) is 14.7. The van der Waals surface area contributed by atoms with Crippen LogP contribution in [0.5, 0.6) is 5.75 Å². The Kier molecular flexibility index (Phi) is 8.04. The lowest BCUT2D eigenvalue weighted by molar-refractivity contribution is -0.113. The van der Waals surface area contributed by atoms with E-state index in [1.165, 1.54) is 11.8 Å². The third-order valence-corrected chi connectivity index (χ3v) is 5.47. The fraction of sp³-hybridized carbons (Fsp3) is 0.217.